The Kier molecular flexibility index (Phi) is 6.07. The van der Waals surface area contributed by atoms with E-state index in [-0.39, 0.29) is 6.16 Å². The topological polar surface area (TPSA) is 85.2 Å². The van der Waals surface area contributed by atoms with Crippen molar-refractivity contribution in [2.75, 3.05) is 27.5 Å². The Morgan fingerprint density at radius 2 is 1.57 bits per heavy atom. The molecule has 0 spiro atoms. The van der Waals surface area contributed by atoms with Gasteiger partial charge in [0, 0.05) is 33.5 Å². The Morgan fingerprint density at radius 3 is 1.86 bits per heavy atom. The van der Waals surface area contributed by atoms with Gasteiger partial charge >= 0.3 is 16.4 Å². The largest absolute Gasteiger partial charge is 0.500 e. The molecule has 0 aliphatic heterocycles. The Morgan fingerprint density at radius 1 is 1.14 bits per heavy atom. The summed E-state index contributed by atoms with van der Waals surface area (Å²) in [5.74, 6) is 0. The summed E-state index contributed by atoms with van der Waals surface area (Å²) in [7, 11) is -2.18. The van der Waals surface area contributed by atoms with Crippen LogP contribution in [0.2, 0.25) is 6.04 Å². The van der Waals surface area contributed by atoms with Crippen LogP contribution in [0.1, 0.15) is 6.42 Å². The molecule has 8 heteroatoms. The second kappa shape index (κ2) is 5.97. The molecule has 0 saturated heterocycles. The highest BCUT2D eigenvalue weighted by Crippen LogP contribution is 2.36. The summed E-state index contributed by atoms with van der Waals surface area (Å²) in [6, 6.07) is 0.404. The maximum Gasteiger partial charge on any atom is 0.500 e. The predicted octanol–water partition coefficient (Wildman–Crippen LogP) is 0.432. The van der Waals surface area contributed by atoms with Gasteiger partial charge in [-0.3, -0.25) is 4.57 Å². The van der Waals surface area contributed by atoms with Crippen LogP contribution in [0.3, 0.4) is 0 Å². The first-order valence-corrected chi connectivity index (χ1v) is 7.82. The van der Waals surface area contributed by atoms with Gasteiger partial charge in [0.05, 0.1) is 0 Å². The van der Waals surface area contributed by atoms with Crippen LogP contribution < -0.4 is 0 Å². The van der Waals surface area contributed by atoms with Crippen molar-refractivity contribution < 1.29 is 27.6 Å². The van der Waals surface area contributed by atoms with Gasteiger partial charge in [-0.1, -0.05) is 0 Å². The molecule has 0 radical (unpaired) electrons. The zero-order valence-corrected chi connectivity index (χ0v) is 10.5. The summed E-state index contributed by atoms with van der Waals surface area (Å²) >= 11 is 0. The Labute approximate surface area is 84.7 Å². The quantitative estimate of drug-likeness (QED) is 0.499. The van der Waals surface area contributed by atoms with Crippen molar-refractivity contribution in [3.63, 3.8) is 0 Å². The Hall–Kier alpha value is 0.247. The van der Waals surface area contributed by atoms with Gasteiger partial charge in [-0.25, -0.2) is 0 Å². The third kappa shape index (κ3) is 5.21. The molecule has 0 heterocycles. The summed E-state index contributed by atoms with van der Waals surface area (Å²) < 4.78 is 25.8. The molecular formula is C6H17O6PSi. The van der Waals surface area contributed by atoms with Crippen LogP contribution in [0.15, 0.2) is 0 Å². The monoisotopic (exact) mass is 244 g/mol. The SMILES string of the molecule is CO[Si](CCCP(=O)(O)O)(OC)OC. The molecule has 0 aliphatic carbocycles. The average molecular weight is 244 g/mol. The first kappa shape index (κ1) is 14.2. The number of rotatable bonds is 7. The normalized spacial score (nSPS) is 13.2. The fourth-order valence-electron chi connectivity index (χ4n) is 1.06. The molecule has 2 N–H and O–H groups in total. The highest BCUT2D eigenvalue weighted by Gasteiger charge is 2.37. The Balaban J connectivity index is 4.01. The van der Waals surface area contributed by atoms with Crippen LogP contribution in [0.5, 0.6) is 0 Å². The van der Waals surface area contributed by atoms with Crippen molar-refractivity contribution in [3.05, 3.63) is 0 Å². The molecule has 6 nitrogen and oxygen atoms in total. The molecule has 0 aliphatic rings. The third-order valence-corrected chi connectivity index (χ3v) is 5.60. The highest BCUT2D eigenvalue weighted by molar-refractivity contribution is 7.51. The second-order valence-electron chi connectivity index (χ2n) is 2.79. The molecule has 0 atom stereocenters. The minimum Gasteiger partial charge on any atom is -0.377 e. The van der Waals surface area contributed by atoms with Crippen molar-refractivity contribution in [3.8, 4) is 0 Å². The van der Waals surface area contributed by atoms with Crippen molar-refractivity contribution >= 4 is 16.4 Å². The molecule has 86 valence electrons. The molecular weight excluding hydrogens is 227 g/mol. The van der Waals surface area contributed by atoms with E-state index < -0.39 is 16.4 Å². The highest BCUT2D eigenvalue weighted by atomic mass is 31.2. The third-order valence-electron chi connectivity index (χ3n) is 1.87. The molecule has 0 aromatic rings. The zero-order valence-electron chi connectivity index (χ0n) is 8.60. The van der Waals surface area contributed by atoms with Gasteiger partial charge in [0.25, 0.3) is 0 Å². The number of hydrogen-bond acceptors (Lipinski definition) is 4. The van der Waals surface area contributed by atoms with Crippen LogP contribution in [-0.4, -0.2) is 46.1 Å². The molecule has 0 bridgehead atoms. The molecule has 0 amide bonds. The van der Waals surface area contributed by atoms with Gasteiger partial charge in [0.2, 0.25) is 0 Å². The van der Waals surface area contributed by atoms with E-state index in [1.54, 1.807) is 0 Å². The van der Waals surface area contributed by atoms with Crippen LogP contribution in [-0.2, 0) is 17.8 Å². The lowest BCUT2D eigenvalue weighted by molar-refractivity contribution is 0.123. The van der Waals surface area contributed by atoms with Gasteiger partial charge < -0.3 is 23.1 Å². The van der Waals surface area contributed by atoms with Gasteiger partial charge in [-0.05, 0) is 6.42 Å². The summed E-state index contributed by atoms with van der Waals surface area (Å²) in [6.45, 7) is 0. The van der Waals surface area contributed by atoms with Crippen LogP contribution in [0.4, 0.5) is 0 Å². The molecule has 0 aromatic carbocycles. The maximum absolute atomic E-state index is 10.6. The molecule has 0 aromatic heterocycles. The van der Waals surface area contributed by atoms with E-state index in [1.165, 1.54) is 21.3 Å². The summed E-state index contributed by atoms with van der Waals surface area (Å²) in [6.07, 6.45) is 0.157. The van der Waals surface area contributed by atoms with Gasteiger partial charge in [0.15, 0.2) is 0 Å². The lowest BCUT2D eigenvalue weighted by Gasteiger charge is -2.24. The maximum atomic E-state index is 10.6. The minimum absolute atomic E-state index is 0.169. The first-order chi connectivity index (χ1) is 6.39. The van der Waals surface area contributed by atoms with Crippen molar-refractivity contribution in [1.82, 2.24) is 0 Å². The van der Waals surface area contributed by atoms with E-state index in [2.05, 4.69) is 0 Å². The van der Waals surface area contributed by atoms with Crippen molar-refractivity contribution in [2.24, 2.45) is 0 Å². The lowest BCUT2D eigenvalue weighted by atomic mass is 10.6. The minimum atomic E-state index is -3.93. The predicted molar refractivity (Wildman–Crippen MR) is 53.1 cm³/mol. The van der Waals surface area contributed by atoms with Gasteiger partial charge in [-0.2, -0.15) is 0 Å². The second-order valence-corrected chi connectivity index (χ2v) is 7.65. The summed E-state index contributed by atoms with van der Waals surface area (Å²) in [5.41, 5.74) is 0. The standard InChI is InChI=1S/C6H17O6PSi/c1-10-14(11-2,12-3)6-4-5-13(7,8)9/h4-6H2,1-3H3,(H2,7,8,9). The fraction of sp³-hybridized carbons (Fsp3) is 1.00. The van der Waals surface area contributed by atoms with Crippen LogP contribution in [0.25, 0.3) is 0 Å². The first-order valence-electron chi connectivity index (χ1n) is 4.09. The van der Waals surface area contributed by atoms with Crippen molar-refractivity contribution in [1.29, 1.82) is 0 Å². The fourth-order valence-corrected chi connectivity index (χ4v) is 3.65. The van der Waals surface area contributed by atoms with Crippen LogP contribution in [0, 0.1) is 0 Å². The Bertz CT molecular complexity index is 192. The van der Waals surface area contributed by atoms with E-state index in [4.69, 9.17) is 23.1 Å². The van der Waals surface area contributed by atoms with E-state index in [0.29, 0.717) is 12.5 Å². The van der Waals surface area contributed by atoms with E-state index in [0.717, 1.165) is 0 Å². The molecule has 0 unspecified atom stereocenters. The lowest BCUT2D eigenvalue weighted by Crippen LogP contribution is -2.42. The molecule has 14 heavy (non-hydrogen) atoms. The summed E-state index contributed by atoms with van der Waals surface area (Å²) in [4.78, 5) is 17.3. The summed E-state index contributed by atoms with van der Waals surface area (Å²) in [5, 5.41) is 0. The number of hydrogen-bond donors (Lipinski definition) is 2. The van der Waals surface area contributed by atoms with E-state index >= 15 is 0 Å². The van der Waals surface area contributed by atoms with Gasteiger partial charge in [0.1, 0.15) is 0 Å². The molecule has 0 rings (SSSR count). The van der Waals surface area contributed by atoms with E-state index in [1.807, 2.05) is 0 Å². The van der Waals surface area contributed by atoms with E-state index in [9.17, 15) is 4.57 Å². The molecule has 0 saturated carbocycles. The van der Waals surface area contributed by atoms with Gasteiger partial charge in [-0.15, -0.1) is 0 Å². The van der Waals surface area contributed by atoms with Crippen LogP contribution >= 0.6 is 7.60 Å². The van der Waals surface area contributed by atoms with Crippen molar-refractivity contribution in [2.45, 2.75) is 12.5 Å². The average Bonchev–Trinajstić information content (AvgIpc) is 2.11. The smallest absolute Gasteiger partial charge is 0.377 e. The molecule has 0 fully saturated rings. The zero-order chi connectivity index (χ0) is 11.2.